The van der Waals surface area contributed by atoms with Gasteiger partial charge in [-0.2, -0.15) is 0 Å². The molecule has 4 aromatic carbocycles. The Bertz CT molecular complexity index is 1700. The molecule has 0 bridgehead atoms. The molecule has 6 nitrogen and oxygen atoms in total. The Morgan fingerprint density at radius 1 is 0.381 bits per heavy atom. The zero-order valence-electron chi connectivity index (χ0n) is 24.4. The van der Waals surface area contributed by atoms with Gasteiger partial charge in [-0.05, 0) is 57.6 Å². The quantitative estimate of drug-likeness (QED) is 0.152. The first kappa shape index (κ1) is 27.7. The Kier molecular flexibility index (Phi) is 6.32. The lowest BCUT2D eigenvalue weighted by atomic mass is 9.85. The normalized spacial score (nSPS) is 14.5. The third-order valence-corrected chi connectivity index (χ3v) is 12.1. The van der Waals surface area contributed by atoms with Crippen molar-refractivity contribution in [3.05, 3.63) is 95.1 Å². The number of carbonyl (C=O) groups excluding carboxylic acids is 4. The van der Waals surface area contributed by atoms with Crippen LogP contribution in [-0.4, -0.2) is 40.0 Å². The van der Waals surface area contributed by atoms with Crippen LogP contribution in [0.3, 0.4) is 0 Å². The second-order valence-corrected chi connectivity index (χ2v) is 23.1. The van der Waals surface area contributed by atoms with Gasteiger partial charge in [0.05, 0.1) is 38.4 Å². The highest BCUT2D eigenvalue weighted by Crippen LogP contribution is 2.43. The van der Waals surface area contributed by atoms with E-state index in [1.165, 1.54) is 10.4 Å². The summed E-state index contributed by atoms with van der Waals surface area (Å²) in [6.07, 6.45) is 0. The fraction of sp³-hybridized carbons (Fsp3) is 0.176. The number of cyclic esters (lactones) is 4. The van der Waals surface area contributed by atoms with Crippen LogP contribution in [0.15, 0.2) is 72.8 Å². The topological polar surface area (TPSA) is 86.7 Å². The predicted octanol–water partition coefficient (Wildman–Crippen LogP) is 6.40. The summed E-state index contributed by atoms with van der Waals surface area (Å²) in [5, 5.41) is 2.57. The zero-order chi connectivity index (χ0) is 30.1. The van der Waals surface area contributed by atoms with Gasteiger partial charge in [-0.15, -0.1) is 0 Å². The van der Waals surface area contributed by atoms with E-state index >= 15 is 0 Å². The van der Waals surface area contributed by atoms with Crippen molar-refractivity contribution < 1.29 is 28.7 Å². The lowest BCUT2D eigenvalue weighted by Crippen LogP contribution is -2.37. The molecular weight excluding hydrogens is 561 g/mol. The van der Waals surface area contributed by atoms with Crippen molar-refractivity contribution in [3.8, 4) is 33.4 Å². The van der Waals surface area contributed by atoms with E-state index < -0.39 is 40.0 Å². The van der Waals surface area contributed by atoms with E-state index in [1.54, 1.807) is 24.3 Å². The van der Waals surface area contributed by atoms with E-state index in [2.05, 4.69) is 63.5 Å². The number of ether oxygens (including phenoxy) is 2. The molecule has 0 saturated carbocycles. The van der Waals surface area contributed by atoms with E-state index in [0.29, 0.717) is 22.3 Å². The first-order chi connectivity index (χ1) is 19.7. The molecule has 0 N–H and O–H groups in total. The zero-order valence-corrected chi connectivity index (χ0v) is 26.4. The van der Waals surface area contributed by atoms with Gasteiger partial charge < -0.3 is 9.47 Å². The molecule has 0 saturated heterocycles. The van der Waals surface area contributed by atoms with Crippen LogP contribution in [0.25, 0.3) is 33.4 Å². The van der Waals surface area contributed by atoms with E-state index in [9.17, 15) is 19.2 Å². The van der Waals surface area contributed by atoms with E-state index in [-0.39, 0.29) is 22.3 Å². The van der Waals surface area contributed by atoms with Crippen molar-refractivity contribution in [3.63, 3.8) is 0 Å². The van der Waals surface area contributed by atoms with Gasteiger partial charge in [0.2, 0.25) is 0 Å². The van der Waals surface area contributed by atoms with Crippen LogP contribution in [0.1, 0.15) is 41.4 Å². The summed E-state index contributed by atoms with van der Waals surface area (Å²) >= 11 is 0. The first-order valence-electron chi connectivity index (χ1n) is 13.8. The summed E-state index contributed by atoms with van der Waals surface area (Å²) in [5.74, 6) is -2.80. The minimum atomic E-state index is -1.57. The number of carbonyl (C=O) groups is 4. The van der Waals surface area contributed by atoms with Crippen LogP contribution in [0.5, 0.6) is 0 Å². The molecule has 2 aliphatic heterocycles. The molecule has 0 radical (unpaired) electrons. The van der Waals surface area contributed by atoms with E-state index in [0.717, 1.165) is 11.1 Å². The average molecular weight is 591 g/mol. The van der Waals surface area contributed by atoms with Gasteiger partial charge >= 0.3 is 23.9 Å². The van der Waals surface area contributed by atoms with Crippen molar-refractivity contribution in [2.45, 2.75) is 39.3 Å². The van der Waals surface area contributed by atoms with Crippen LogP contribution >= 0.6 is 0 Å². The summed E-state index contributed by atoms with van der Waals surface area (Å²) in [4.78, 5) is 50.5. The molecule has 0 atom stereocenters. The standard InChI is InChI=1S/C34H30O6Si2/c1-41(2,3)21-11-7-19(8-12-21)23-15-27-29(33(37)39-31(27)35)17-25(23)26-18-30-28(32(36)40-34(30)38)16-24(26)20-9-13-22(14-10-20)42(4,5)6/h7-18H,1-6H3. The molecule has 42 heavy (non-hydrogen) atoms. The van der Waals surface area contributed by atoms with Gasteiger partial charge in [0, 0.05) is 0 Å². The lowest BCUT2D eigenvalue weighted by molar-refractivity contribution is 0.0425. The summed E-state index contributed by atoms with van der Waals surface area (Å²) in [6.45, 7) is 13.6. The van der Waals surface area contributed by atoms with Gasteiger partial charge in [0.15, 0.2) is 0 Å². The molecule has 4 aromatic rings. The van der Waals surface area contributed by atoms with Crippen molar-refractivity contribution in [2.75, 3.05) is 0 Å². The van der Waals surface area contributed by atoms with Gasteiger partial charge in [0.25, 0.3) is 0 Å². The van der Waals surface area contributed by atoms with Crippen molar-refractivity contribution in [2.24, 2.45) is 0 Å². The molecule has 0 amide bonds. The van der Waals surface area contributed by atoms with Crippen LogP contribution < -0.4 is 10.4 Å². The fourth-order valence-electron chi connectivity index (χ4n) is 5.49. The second kappa shape index (κ2) is 9.57. The molecule has 0 aliphatic carbocycles. The molecule has 0 aromatic heterocycles. The Balaban J connectivity index is 1.64. The smallest absolute Gasteiger partial charge is 0.346 e. The van der Waals surface area contributed by atoms with Crippen LogP contribution in [0, 0.1) is 0 Å². The molecule has 2 aliphatic rings. The second-order valence-electron chi connectivity index (χ2n) is 12.9. The number of hydrogen-bond donors (Lipinski definition) is 0. The number of rotatable bonds is 5. The molecule has 0 fully saturated rings. The largest absolute Gasteiger partial charge is 0.386 e. The molecule has 6 rings (SSSR count). The number of hydrogen-bond acceptors (Lipinski definition) is 6. The summed E-state index contributed by atoms with van der Waals surface area (Å²) < 4.78 is 9.91. The SMILES string of the molecule is C[Si](C)(C)c1ccc(-c2cc3c(cc2-c2cc4c(cc2-c2ccc([Si](C)(C)C)cc2)C(=O)OC4=O)C(=O)OC3=O)cc1. The maximum absolute atomic E-state index is 12.7. The maximum Gasteiger partial charge on any atom is 0.346 e. The highest BCUT2D eigenvalue weighted by atomic mass is 28.3. The highest BCUT2D eigenvalue weighted by Gasteiger charge is 2.35. The van der Waals surface area contributed by atoms with Crippen LogP contribution in [0.4, 0.5) is 0 Å². The minimum Gasteiger partial charge on any atom is -0.386 e. The lowest BCUT2D eigenvalue weighted by Gasteiger charge is -2.20. The minimum absolute atomic E-state index is 0.164. The third-order valence-electron chi connectivity index (χ3n) is 7.98. The van der Waals surface area contributed by atoms with Crippen LogP contribution in [0.2, 0.25) is 39.3 Å². The molecule has 0 spiro atoms. The number of benzene rings is 4. The van der Waals surface area contributed by atoms with E-state index in [4.69, 9.17) is 9.47 Å². The predicted molar refractivity (Wildman–Crippen MR) is 168 cm³/mol. The Morgan fingerprint density at radius 3 is 0.905 bits per heavy atom. The molecule has 210 valence electrons. The van der Waals surface area contributed by atoms with Crippen molar-refractivity contribution in [1.29, 1.82) is 0 Å². The third kappa shape index (κ3) is 4.66. The molecule has 0 unspecified atom stereocenters. The number of esters is 4. The van der Waals surface area contributed by atoms with Crippen molar-refractivity contribution >= 4 is 50.4 Å². The Morgan fingerprint density at radius 2 is 0.643 bits per heavy atom. The Hall–Kier alpha value is -4.41. The van der Waals surface area contributed by atoms with E-state index in [1.807, 2.05) is 24.3 Å². The van der Waals surface area contributed by atoms with Crippen LogP contribution in [-0.2, 0) is 9.47 Å². The van der Waals surface area contributed by atoms with Gasteiger partial charge in [0.1, 0.15) is 0 Å². The average Bonchev–Trinajstić information content (AvgIpc) is 3.38. The first-order valence-corrected chi connectivity index (χ1v) is 20.8. The maximum atomic E-state index is 12.7. The van der Waals surface area contributed by atoms with Gasteiger partial charge in [-0.25, -0.2) is 19.2 Å². The summed E-state index contributed by atoms with van der Waals surface area (Å²) in [5.41, 5.74) is 5.12. The van der Waals surface area contributed by atoms with Crippen molar-refractivity contribution in [1.82, 2.24) is 0 Å². The fourth-order valence-corrected chi connectivity index (χ4v) is 7.82. The molecular formula is C34H30O6Si2. The molecule has 2 heterocycles. The monoisotopic (exact) mass is 590 g/mol. The highest BCUT2D eigenvalue weighted by molar-refractivity contribution is 6.89. The summed E-state index contributed by atoms with van der Waals surface area (Å²) in [7, 11) is -3.14. The summed E-state index contributed by atoms with van der Waals surface area (Å²) in [6, 6.07) is 23.2. The van der Waals surface area contributed by atoms with Gasteiger partial charge in [-0.1, -0.05) is 98.2 Å². The van der Waals surface area contributed by atoms with Gasteiger partial charge in [-0.3, -0.25) is 0 Å². The molecule has 8 heteroatoms. The Labute approximate surface area is 246 Å². The number of fused-ring (bicyclic) bond motifs is 2.